The Morgan fingerprint density at radius 2 is 2.41 bits per heavy atom. The van der Waals surface area contributed by atoms with Gasteiger partial charge in [0.1, 0.15) is 0 Å². The number of hydrogen-bond donors (Lipinski definition) is 2. The highest BCUT2D eigenvalue weighted by atomic mass is 16.1. The van der Waals surface area contributed by atoms with Crippen LogP contribution in [0.15, 0.2) is 18.6 Å². The standard InChI is InChI=1S/C11H15N5O/c1-3-10-9(7-16(2)15-10)4-12-11(17)8-5-13-14-6-8/h5-7H,3-4H2,1-2H3,(H,12,17)(H,13,14). The molecule has 0 bridgehead atoms. The molecule has 0 spiro atoms. The highest BCUT2D eigenvalue weighted by Crippen LogP contribution is 2.07. The molecule has 2 heterocycles. The molecule has 90 valence electrons. The van der Waals surface area contributed by atoms with Gasteiger partial charge in [-0.15, -0.1) is 0 Å². The summed E-state index contributed by atoms with van der Waals surface area (Å²) in [6, 6.07) is 0. The van der Waals surface area contributed by atoms with Crippen LogP contribution in [-0.4, -0.2) is 25.9 Å². The first-order chi connectivity index (χ1) is 8.20. The number of H-pyrrole nitrogens is 1. The van der Waals surface area contributed by atoms with Crippen molar-refractivity contribution in [2.24, 2.45) is 7.05 Å². The van der Waals surface area contributed by atoms with Crippen LogP contribution in [0.2, 0.25) is 0 Å². The van der Waals surface area contributed by atoms with Gasteiger partial charge < -0.3 is 5.32 Å². The molecule has 0 saturated carbocycles. The van der Waals surface area contributed by atoms with Crippen molar-refractivity contribution >= 4 is 5.91 Å². The highest BCUT2D eigenvalue weighted by molar-refractivity contribution is 5.93. The Labute approximate surface area is 99.0 Å². The molecule has 0 aliphatic rings. The minimum Gasteiger partial charge on any atom is -0.348 e. The van der Waals surface area contributed by atoms with Crippen molar-refractivity contribution in [3.05, 3.63) is 35.4 Å². The summed E-state index contributed by atoms with van der Waals surface area (Å²) in [5.41, 5.74) is 2.60. The Hall–Kier alpha value is -2.11. The first-order valence-electron chi connectivity index (χ1n) is 5.49. The SMILES string of the molecule is CCc1nn(C)cc1CNC(=O)c1cn[nH]c1. The van der Waals surface area contributed by atoms with Crippen LogP contribution in [0.5, 0.6) is 0 Å². The molecule has 2 aromatic heterocycles. The number of carbonyl (C=O) groups is 1. The number of nitrogens with one attached hydrogen (secondary N) is 2. The summed E-state index contributed by atoms with van der Waals surface area (Å²) in [6.45, 7) is 2.53. The number of aryl methyl sites for hydroxylation is 2. The van der Waals surface area contributed by atoms with Crippen LogP contribution in [0.25, 0.3) is 0 Å². The number of aromatic amines is 1. The lowest BCUT2D eigenvalue weighted by Gasteiger charge is -2.02. The molecule has 6 nitrogen and oxygen atoms in total. The van der Waals surface area contributed by atoms with Crippen LogP contribution in [0, 0.1) is 0 Å². The van der Waals surface area contributed by atoms with Gasteiger partial charge in [-0.25, -0.2) is 0 Å². The number of hydrogen-bond acceptors (Lipinski definition) is 3. The van der Waals surface area contributed by atoms with Gasteiger partial charge >= 0.3 is 0 Å². The van der Waals surface area contributed by atoms with Crippen LogP contribution >= 0.6 is 0 Å². The predicted molar refractivity (Wildman–Crippen MR) is 62.3 cm³/mol. The normalized spacial score (nSPS) is 10.5. The fraction of sp³-hybridized carbons (Fsp3) is 0.364. The van der Waals surface area contributed by atoms with Crippen molar-refractivity contribution in [2.75, 3.05) is 0 Å². The van der Waals surface area contributed by atoms with E-state index in [0.29, 0.717) is 12.1 Å². The van der Waals surface area contributed by atoms with Crippen molar-refractivity contribution in [1.29, 1.82) is 0 Å². The second kappa shape index (κ2) is 4.82. The summed E-state index contributed by atoms with van der Waals surface area (Å²) in [7, 11) is 1.88. The fourth-order valence-electron chi connectivity index (χ4n) is 1.68. The number of aromatic nitrogens is 4. The predicted octanol–water partition coefficient (Wildman–Crippen LogP) is 0.636. The Morgan fingerprint density at radius 3 is 3.06 bits per heavy atom. The monoisotopic (exact) mass is 233 g/mol. The van der Waals surface area contributed by atoms with Gasteiger partial charge in [-0.05, 0) is 6.42 Å². The summed E-state index contributed by atoms with van der Waals surface area (Å²) in [5.74, 6) is -0.135. The van der Waals surface area contributed by atoms with Gasteiger partial charge in [-0.1, -0.05) is 6.92 Å². The number of rotatable bonds is 4. The van der Waals surface area contributed by atoms with E-state index in [9.17, 15) is 4.79 Å². The summed E-state index contributed by atoms with van der Waals surface area (Å²) >= 11 is 0. The molecule has 2 N–H and O–H groups in total. The average Bonchev–Trinajstić information content (AvgIpc) is 2.94. The Kier molecular flexibility index (Phi) is 3.22. The molecule has 0 radical (unpaired) electrons. The maximum atomic E-state index is 11.7. The van der Waals surface area contributed by atoms with Gasteiger partial charge in [0.2, 0.25) is 0 Å². The molecule has 17 heavy (non-hydrogen) atoms. The van der Waals surface area contributed by atoms with Gasteiger partial charge in [0.25, 0.3) is 5.91 Å². The van der Waals surface area contributed by atoms with Crippen molar-refractivity contribution in [3.63, 3.8) is 0 Å². The molecule has 0 unspecified atom stereocenters. The van der Waals surface area contributed by atoms with Crippen LogP contribution in [0.1, 0.15) is 28.5 Å². The molecule has 1 amide bonds. The fourth-order valence-corrected chi connectivity index (χ4v) is 1.68. The molecule has 2 rings (SSSR count). The van der Waals surface area contributed by atoms with Gasteiger partial charge in [0, 0.05) is 31.5 Å². The zero-order valence-electron chi connectivity index (χ0n) is 9.90. The third kappa shape index (κ3) is 2.52. The van der Waals surface area contributed by atoms with Crippen LogP contribution in [-0.2, 0) is 20.0 Å². The zero-order valence-corrected chi connectivity index (χ0v) is 9.90. The molecular weight excluding hydrogens is 218 g/mol. The smallest absolute Gasteiger partial charge is 0.254 e. The minimum absolute atomic E-state index is 0.135. The summed E-state index contributed by atoms with van der Waals surface area (Å²) < 4.78 is 1.76. The quantitative estimate of drug-likeness (QED) is 0.813. The molecule has 0 aliphatic carbocycles. The van der Waals surface area contributed by atoms with Gasteiger partial charge in [0.15, 0.2) is 0 Å². The van der Waals surface area contributed by atoms with Crippen molar-refractivity contribution in [2.45, 2.75) is 19.9 Å². The Morgan fingerprint density at radius 1 is 1.59 bits per heavy atom. The third-order valence-electron chi connectivity index (χ3n) is 2.53. The lowest BCUT2D eigenvalue weighted by molar-refractivity contribution is 0.0951. The molecule has 0 atom stereocenters. The maximum absolute atomic E-state index is 11.7. The molecular formula is C11H15N5O. The lowest BCUT2D eigenvalue weighted by atomic mass is 10.2. The van der Waals surface area contributed by atoms with E-state index in [1.807, 2.05) is 20.2 Å². The van der Waals surface area contributed by atoms with E-state index in [4.69, 9.17) is 0 Å². The Balaban J connectivity index is 2.00. The third-order valence-corrected chi connectivity index (χ3v) is 2.53. The van der Waals surface area contributed by atoms with E-state index in [2.05, 4.69) is 20.6 Å². The average molecular weight is 233 g/mol. The maximum Gasteiger partial charge on any atom is 0.254 e. The number of amides is 1. The van der Waals surface area contributed by atoms with E-state index in [0.717, 1.165) is 17.7 Å². The first-order valence-corrected chi connectivity index (χ1v) is 5.49. The van der Waals surface area contributed by atoms with Gasteiger partial charge in [0.05, 0.1) is 17.5 Å². The first kappa shape index (κ1) is 11.4. The number of carbonyl (C=O) groups excluding carboxylic acids is 1. The molecule has 0 aromatic carbocycles. The second-order valence-corrected chi connectivity index (χ2v) is 3.80. The minimum atomic E-state index is -0.135. The van der Waals surface area contributed by atoms with E-state index >= 15 is 0 Å². The van der Waals surface area contributed by atoms with Gasteiger partial charge in [-0.2, -0.15) is 10.2 Å². The van der Waals surface area contributed by atoms with E-state index in [1.165, 1.54) is 6.20 Å². The second-order valence-electron chi connectivity index (χ2n) is 3.80. The van der Waals surface area contributed by atoms with Crippen LogP contribution in [0.3, 0.4) is 0 Å². The zero-order chi connectivity index (χ0) is 12.3. The topological polar surface area (TPSA) is 75.6 Å². The Bertz CT molecular complexity index is 500. The summed E-state index contributed by atoms with van der Waals surface area (Å²) in [6.07, 6.45) is 5.85. The van der Waals surface area contributed by atoms with E-state index < -0.39 is 0 Å². The van der Waals surface area contributed by atoms with Crippen LogP contribution < -0.4 is 5.32 Å². The lowest BCUT2D eigenvalue weighted by Crippen LogP contribution is -2.22. The number of nitrogens with zero attached hydrogens (tertiary/aromatic N) is 3. The summed E-state index contributed by atoms with van der Waals surface area (Å²) in [5, 5.41) is 13.5. The molecule has 0 fully saturated rings. The highest BCUT2D eigenvalue weighted by Gasteiger charge is 2.09. The molecule has 6 heteroatoms. The molecule has 0 saturated heterocycles. The van der Waals surface area contributed by atoms with Crippen molar-refractivity contribution in [3.8, 4) is 0 Å². The van der Waals surface area contributed by atoms with Gasteiger partial charge in [-0.3, -0.25) is 14.6 Å². The van der Waals surface area contributed by atoms with E-state index in [-0.39, 0.29) is 5.91 Å². The summed E-state index contributed by atoms with van der Waals surface area (Å²) in [4.78, 5) is 11.7. The van der Waals surface area contributed by atoms with Crippen molar-refractivity contribution in [1.82, 2.24) is 25.3 Å². The van der Waals surface area contributed by atoms with Crippen molar-refractivity contribution < 1.29 is 4.79 Å². The van der Waals surface area contributed by atoms with E-state index in [1.54, 1.807) is 10.9 Å². The molecule has 0 aliphatic heterocycles. The van der Waals surface area contributed by atoms with Crippen LogP contribution in [0.4, 0.5) is 0 Å². The largest absolute Gasteiger partial charge is 0.348 e. The molecule has 2 aromatic rings.